The summed E-state index contributed by atoms with van der Waals surface area (Å²) in [6, 6.07) is 18.6. The fourth-order valence-electron chi connectivity index (χ4n) is 2.83. The summed E-state index contributed by atoms with van der Waals surface area (Å²) in [6.45, 7) is 2.71. The van der Waals surface area contributed by atoms with E-state index in [4.69, 9.17) is 4.74 Å². The molecule has 28 heavy (non-hydrogen) atoms. The molecule has 0 saturated heterocycles. The number of hydrogen-bond donors (Lipinski definition) is 2. The molecule has 3 rings (SSSR count). The molecule has 0 fully saturated rings. The SMILES string of the molecule is CCO[C@H](Cn1cc(-c2ccccc2)nn1)[C@@H](O)CNC(=O)c1ccccc1. The topological polar surface area (TPSA) is 89.3 Å². The monoisotopic (exact) mass is 380 g/mol. The highest BCUT2D eigenvalue weighted by Gasteiger charge is 2.22. The summed E-state index contributed by atoms with van der Waals surface area (Å²) in [7, 11) is 0. The summed E-state index contributed by atoms with van der Waals surface area (Å²) in [5.41, 5.74) is 2.27. The first kappa shape index (κ1) is 19.7. The molecular weight excluding hydrogens is 356 g/mol. The Morgan fingerprint density at radius 1 is 1.14 bits per heavy atom. The second kappa shape index (κ2) is 9.77. The maximum absolute atomic E-state index is 12.2. The van der Waals surface area contributed by atoms with Gasteiger partial charge in [-0.2, -0.15) is 0 Å². The van der Waals surface area contributed by atoms with E-state index >= 15 is 0 Å². The Morgan fingerprint density at radius 2 is 1.82 bits per heavy atom. The molecule has 0 spiro atoms. The van der Waals surface area contributed by atoms with Gasteiger partial charge in [-0.3, -0.25) is 4.79 Å². The average molecular weight is 380 g/mol. The Labute approximate surface area is 164 Å². The molecule has 3 aromatic rings. The lowest BCUT2D eigenvalue weighted by Gasteiger charge is -2.23. The number of nitrogens with zero attached hydrogens (tertiary/aromatic N) is 3. The van der Waals surface area contributed by atoms with Crippen molar-refractivity contribution in [1.82, 2.24) is 20.3 Å². The summed E-state index contributed by atoms with van der Waals surface area (Å²) < 4.78 is 7.31. The van der Waals surface area contributed by atoms with Crippen molar-refractivity contribution in [2.24, 2.45) is 0 Å². The van der Waals surface area contributed by atoms with Crippen LogP contribution in [0.5, 0.6) is 0 Å². The van der Waals surface area contributed by atoms with E-state index in [0.29, 0.717) is 18.7 Å². The summed E-state index contributed by atoms with van der Waals surface area (Å²) in [4.78, 5) is 12.2. The number of amides is 1. The van der Waals surface area contributed by atoms with Gasteiger partial charge in [-0.25, -0.2) is 4.68 Å². The number of carbonyl (C=O) groups is 1. The number of nitrogens with one attached hydrogen (secondary N) is 1. The quantitative estimate of drug-likeness (QED) is 0.594. The fraction of sp³-hybridized carbons (Fsp3) is 0.286. The zero-order valence-electron chi connectivity index (χ0n) is 15.7. The molecule has 0 aliphatic carbocycles. The molecular formula is C21H24N4O3. The predicted octanol–water partition coefficient (Wildman–Crippen LogP) is 2.14. The largest absolute Gasteiger partial charge is 0.388 e. The van der Waals surface area contributed by atoms with Crippen LogP contribution in [-0.2, 0) is 11.3 Å². The second-order valence-electron chi connectivity index (χ2n) is 6.33. The Morgan fingerprint density at radius 3 is 2.50 bits per heavy atom. The van der Waals surface area contributed by atoms with Crippen molar-refractivity contribution in [3.8, 4) is 11.3 Å². The minimum atomic E-state index is -0.878. The van der Waals surface area contributed by atoms with E-state index in [1.807, 2.05) is 49.5 Å². The van der Waals surface area contributed by atoms with Crippen LogP contribution in [0.25, 0.3) is 11.3 Å². The van der Waals surface area contributed by atoms with Gasteiger partial charge in [0.1, 0.15) is 11.8 Å². The maximum Gasteiger partial charge on any atom is 0.251 e. The van der Waals surface area contributed by atoms with Crippen molar-refractivity contribution in [1.29, 1.82) is 0 Å². The van der Waals surface area contributed by atoms with Gasteiger partial charge >= 0.3 is 0 Å². The number of aromatic nitrogens is 3. The molecule has 1 amide bonds. The Balaban J connectivity index is 1.60. The van der Waals surface area contributed by atoms with Gasteiger partial charge in [0.25, 0.3) is 5.91 Å². The molecule has 0 aliphatic rings. The number of aliphatic hydroxyl groups excluding tert-OH is 1. The van der Waals surface area contributed by atoms with Crippen molar-refractivity contribution >= 4 is 5.91 Å². The highest BCUT2D eigenvalue weighted by atomic mass is 16.5. The lowest BCUT2D eigenvalue weighted by Crippen LogP contribution is -2.42. The number of carbonyl (C=O) groups excluding carboxylic acids is 1. The molecule has 1 aromatic heterocycles. The van der Waals surface area contributed by atoms with Crippen molar-refractivity contribution in [3.05, 3.63) is 72.4 Å². The molecule has 1 heterocycles. The van der Waals surface area contributed by atoms with Crippen LogP contribution in [-0.4, -0.2) is 51.4 Å². The van der Waals surface area contributed by atoms with Gasteiger partial charge in [-0.1, -0.05) is 53.7 Å². The lowest BCUT2D eigenvalue weighted by atomic mass is 10.1. The van der Waals surface area contributed by atoms with E-state index in [9.17, 15) is 9.90 Å². The summed E-state index contributed by atoms with van der Waals surface area (Å²) in [5.74, 6) is -0.234. The highest BCUT2D eigenvalue weighted by Crippen LogP contribution is 2.15. The molecule has 0 saturated carbocycles. The third-order valence-electron chi connectivity index (χ3n) is 4.29. The number of aliphatic hydroxyl groups is 1. The molecule has 2 N–H and O–H groups in total. The van der Waals surface area contributed by atoms with Crippen molar-refractivity contribution in [2.75, 3.05) is 13.2 Å². The van der Waals surface area contributed by atoms with Crippen molar-refractivity contribution < 1.29 is 14.6 Å². The Bertz CT molecular complexity index is 868. The highest BCUT2D eigenvalue weighted by molar-refractivity contribution is 5.94. The first-order valence-corrected chi connectivity index (χ1v) is 9.26. The van der Waals surface area contributed by atoms with Crippen molar-refractivity contribution in [3.63, 3.8) is 0 Å². The van der Waals surface area contributed by atoms with E-state index < -0.39 is 12.2 Å². The van der Waals surface area contributed by atoms with Crippen LogP contribution in [0.3, 0.4) is 0 Å². The molecule has 2 aromatic carbocycles. The number of benzene rings is 2. The molecule has 0 bridgehead atoms. The minimum Gasteiger partial charge on any atom is -0.388 e. The lowest BCUT2D eigenvalue weighted by molar-refractivity contribution is -0.0411. The molecule has 0 radical (unpaired) electrons. The van der Waals surface area contributed by atoms with E-state index in [1.54, 1.807) is 28.9 Å². The molecule has 7 heteroatoms. The Kier molecular flexibility index (Phi) is 6.89. The predicted molar refractivity (Wildman–Crippen MR) is 106 cm³/mol. The zero-order valence-corrected chi connectivity index (χ0v) is 15.7. The van der Waals surface area contributed by atoms with E-state index in [0.717, 1.165) is 11.3 Å². The molecule has 146 valence electrons. The van der Waals surface area contributed by atoms with Crippen LogP contribution in [0.2, 0.25) is 0 Å². The first-order chi connectivity index (χ1) is 13.7. The van der Waals surface area contributed by atoms with Crippen LogP contribution in [0.15, 0.2) is 66.9 Å². The normalized spacial score (nSPS) is 13.1. The summed E-state index contributed by atoms with van der Waals surface area (Å²) in [5, 5.41) is 21.6. The first-order valence-electron chi connectivity index (χ1n) is 9.26. The van der Waals surface area contributed by atoms with E-state index in [1.165, 1.54) is 0 Å². The minimum absolute atomic E-state index is 0.0820. The number of hydrogen-bond acceptors (Lipinski definition) is 5. The molecule has 7 nitrogen and oxygen atoms in total. The summed E-state index contributed by atoms with van der Waals surface area (Å²) >= 11 is 0. The van der Waals surface area contributed by atoms with Crippen molar-refractivity contribution in [2.45, 2.75) is 25.7 Å². The molecule has 0 unspecified atom stereocenters. The van der Waals surface area contributed by atoms with Gasteiger partial charge in [-0.15, -0.1) is 5.10 Å². The van der Waals surface area contributed by atoms with Crippen LogP contribution in [0, 0.1) is 0 Å². The van der Waals surface area contributed by atoms with Gasteiger partial charge < -0.3 is 15.2 Å². The van der Waals surface area contributed by atoms with Crippen LogP contribution < -0.4 is 5.32 Å². The second-order valence-corrected chi connectivity index (χ2v) is 6.33. The smallest absolute Gasteiger partial charge is 0.251 e. The number of rotatable bonds is 9. The van der Waals surface area contributed by atoms with Crippen LogP contribution >= 0.6 is 0 Å². The standard InChI is InChI=1S/C21H24N4O3/c1-2-28-20(19(26)13-22-21(27)17-11-7-4-8-12-17)15-25-14-18(23-24-25)16-9-5-3-6-10-16/h3-12,14,19-20,26H,2,13,15H2,1H3,(H,22,27)/t19-,20+/m0/s1. The van der Waals surface area contributed by atoms with Gasteiger partial charge in [0.15, 0.2) is 0 Å². The van der Waals surface area contributed by atoms with Gasteiger partial charge in [0, 0.05) is 24.3 Å². The zero-order chi connectivity index (χ0) is 19.8. The third kappa shape index (κ3) is 5.25. The molecule has 0 aliphatic heterocycles. The Hall–Kier alpha value is -3.03. The molecule has 2 atom stereocenters. The van der Waals surface area contributed by atoms with Gasteiger partial charge in [-0.05, 0) is 19.1 Å². The third-order valence-corrected chi connectivity index (χ3v) is 4.29. The van der Waals surface area contributed by atoms with Gasteiger partial charge in [0.2, 0.25) is 0 Å². The van der Waals surface area contributed by atoms with E-state index in [2.05, 4.69) is 15.6 Å². The average Bonchev–Trinajstić information content (AvgIpc) is 3.21. The summed E-state index contributed by atoms with van der Waals surface area (Å²) in [6.07, 6.45) is 0.416. The van der Waals surface area contributed by atoms with Crippen LogP contribution in [0.1, 0.15) is 17.3 Å². The van der Waals surface area contributed by atoms with E-state index in [-0.39, 0.29) is 12.5 Å². The van der Waals surface area contributed by atoms with Gasteiger partial charge in [0.05, 0.1) is 18.8 Å². The maximum atomic E-state index is 12.2. The van der Waals surface area contributed by atoms with Crippen LogP contribution in [0.4, 0.5) is 0 Å². The fourth-order valence-corrected chi connectivity index (χ4v) is 2.83. The number of ether oxygens (including phenoxy) is 1.